The van der Waals surface area contributed by atoms with Crippen molar-refractivity contribution in [1.82, 2.24) is 10.2 Å². The molecule has 0 bridgehead atoms. The van der Waals surface area contributed by atoms with E-state index >= 15 is 0 Å². The minimum atomic E-state index is -1.05. The van der Waals surface area contributed by atoms with Crippen molar-refractivity contribution in [3.8, 4) is 0 Å². The first-order valence-corrected chi connectivity index (χ1v) is 2.27. The third kappa shape index (κ3) is 0.826. The molecule has 4 heteroatoms. The van der Waals surface area contributed by atoms with Crippen molar-refractivity contribution < 1.29 is 8.78 Å². The standard InChI is InChI=1S/C5H4F2N2/c1-2-3-4(6)5(7)9-8-3/h2H,1H2,(H,8,9). The average molecular weight is 130 g/mol. The van der Waals surface area contributed by atoms with Crippen LogP contribution in [0.25, 0.3) is 6.08 Å². The molecule has 0 amide bonds. The van der Waals surface area contributed by atoms with Crippen molar-refractivity contribution >= 4 is 6.08 Å². The molecule has 0 aliphatic heterocycles. The summed E-state index contributed by atoms with van der Waals surface area (Å²) < 4.78 is 24.2. The largest absolute Gasteiger partial charge is 0.250 e. The van der Waals surface area contributed by atoms with Gasteiger partial charge in [-0.25, -0.2) is 5.10 Å². The summed E-state index contributed by atoms with van der Waals surface area (Å²) in [7, 11) is 0. The Labute approximate surface area is 50.2 Å². The lowest BCUT2D eigenvalue weighted by Gasteiger charge is -1.77. The van der Waals surface area contributed by atoms with Gasteiger partial charge in [0.05, 0.1) is 0 Å². The molecule has 0 atom stereocenters. The lowest BCUT2D eigenvalue weighted by molar-refractivity contribution is 0.490. The zero-order valence-electron chi connectivity index (χ0n) is 4.49. The molecule has 1 aromatic heterocycles. The number of halogens is 2. The van der Waals surface area contributed by atoms with E-state index in [9.17, 15) is 8.78 Å². The van der Waals surface area contributed by atoms with Gasteiger partial charge in [0.1, 0.15) is 5.69 Å². The Bertz CT molecular complexity index is 229. The van der Waals surface area contributed by atoms with Crippen LogP contribution in [0.5, 0.6) is 0 Å². The summed E-state index contributed by atoms with van der Waals surface area (Å²) in [6.07, 6.45) is 1.13. The third-order valence-corrected chi connectivity index (χ3v) is 0.885. The quantitative estimate of drug-likeness (QED) is 0.610. The molecular weight excluding hydrogens is 126 g/mol. The fraction of sp³-hybridized carbons (Fsp3) is 0. The SMILES string of the molecule is C=Cc1n[nH]c(F)c1F. The minimum Gasteiger partial charge on any atom is -0.250 e. The second-order valence-corrected chi connectivity index (χ2v) is 1.44. The topological polar surface area (TPSA) is 28.7 Å². The maximum absolute atomic E-state index is 12.2. The van der Waals surface area contributed by atoms with Crippen molar-refractivity contribution in [3.05, 3.63) is 24.0 Å². The Hall–Kier alpha value is -1.19. The molecule has 1 rings (SSSR count). The maximum Gasteiger partial charge on any atom is 0.245 e. The fourth-order valence-electron chi connectivity index (χ4n) is 0.455. The zero-order valence-corrected chi connectivity index (χ0v) is 4.49. The number of rotatable bonds is 1. The molecule has 0 spiro atoms. The van der Waals surface area contributed by atoms with E-state index in [0.29, 0.717) is 0 Å². The summed E-state index contributed by atoms with van der Waals surface area (Å²) in [5, 5.41) is 5.07. The van der Waals surface area contributed by atoms with Crippen LogP contribution >= 0.6 is 0 Å². The van der Waals surface area contributed by atoms with Crippen molar-refractivity contribution in [3.63, 3.8) is 0 Å². The van der Waals surface area contributed by atoms with E-state index in [-0.39, 0.29) is 5.69 Å². The van der Waals surface area contributed by atoms with Crippen LogP contribution in [0, 0.1) is 11.8 Å². The number of hydrogen-bond donors (Lipinski definition) is 1. The minimum absolute atomic E-state index is 0.0903. The second kappa shape index (κ2) is 1.97. The molecule has 0 saturated heterocycles. The first kappa shape index (κ1) is 5.94. The molecule has 9 heavy (non-hydrogen) atoms. The van der Waals surface area contributed by atoms with Crippen LogP contribution in [-0.2, 0) is 0 Å². The second-order valence-electron chi connectivity index (χ2n) is 1.44. The number of nitrogens with zero attached hydrogens (tertiary/aromatic N) is 1. The van der Waals surface area contributed by atoms with Crippen LogP contribution in [0.4, 0.5) is 8.78 Å². The van der Waals surface area contributed by atoms with Gasteiger partial charge in [-0.05, 0) is 6.08 Å². The van der Waals surface area contributed by atoms with Crippen molar-refractivity contribution in [2.45, 2.75) is 0 Å². The normalized spacial score (nSPS) is 9.56. The highest BCUT2D eigenvalue weighted by Crippen LogP contribution is 2.06. The zero-order chi connectivity index (χ0) is 6.85. The molecule has 0 unspecified atom stereocenters. The molecule has 2 nitrogen and oxygen atoms in total. The van der Waals surface area contributed by atoms with E-state index in [0.717, 1.165) is 6.08 Å². The van der Waals surface area contributed by atoms with Crippen LogP contribution in [0.15, 0.2) is 6.58 Å². The van der Waals surface area contributed by atoms with Crippen molar-refractivity contribution in [2.75, 3.05) is 0 Å². The summed E-state index contributed by atoms with van der Waals surface area (Å²) in [5.74, 6) is -2.03. The third-order valence-electron chi connectivity index (χ3n) is 0.885. The first-order valence-electron chi connectivity index (χ1n) is 2.27. The van der Waals surface area contributed by atoms with E-state index in [1.54, 1.807) is 0 Å². The summed E-state index contributed by atoms with van der Waals surface area (Å²) >= 11 is 0. The van der Waals surface area contributed by atoms with Gasteiger partial charge in [-0.1, -0.05) is 6.58 Å². The molecule has 48 valence electrons. The summed E-state index contributed by atoms with van der Waals surface area (Å²) in [6, 6.07) is 0. The monoisotopic (exact) mass is 130 g/mol. The van der Waals surface area contributed by atoms with Crippen molar-refractivity contribution in [2.24, 2.45) is 0 Å². The van der Waals surface area contributed by atoms with E-state index in [4.69, 9.17) is 0 Å². The molecule has 0 fully saturated rings. The van der Waals surface area contributed by atoms with Crippen LogP contribution in [0.3, 0.4) is 0 Å². The van der Waals surface area contributed by atoms with Crippen LogP contribution in [0.1, 0.15) is 5.69 Å². The Morgan fingerprint density at radius 2 is 2.22 bits per heavy atom. The van der Waals surface area contributed by atoms with E-state index < -0.39 is 11.8 Å². The van der Waals surface area contributed by atoms with Crippen LogP contribution < -0.4 is 0 Å². The Morgan fingerprint density at radius 1 is 1.56 bits per heavy atom. The number of H-pyrrole nitrogens is 1. The van der Waals surface area contributed by atoms with Gasteiger partial charge in [0.2, 0.25) is 11.8 Å². The van der Waals surface area contributed by atoms with E-state index in [2.05, 4.69) is 11.7 Å². The van der Waals surface area contributed by atoms with Crippen LogP contribution in [-0.4, -0.2) is 10.2 Å². The number of aromatic nitrogens is 2. The van der Waals surface area contributed by atoms with Gasteiger partial charge in [0.25, 0.3) is 0 Å². The smallest absolute Gasteiger partial charge is 0.245 e. The highest BCUT2D eigenvalue weighted by atomic mass is 19.2. The molecular formula is C5H4F2N2. The Morgan fingerprint density at radius 3 is 2.44 bits per heavy atom. The number of hydrogen-bond acceptors (Lipinski definition) is 1. The molecule has 1 heterocycles. The highest BCUT2D eigenvalue weighted by Gasteiger charge is 2.07. The molecule has 0 saturated carbocycles. The predicted octanol–water partition coefficient (Wildman–Crippen LogP) is 1.33. The summed E-state index contributed by atoms with van der Waals surface area (Å²) in [5.41, 5.74) is -0.0903. The van der Waals surface area contributed by atoms with Crippen molar-refractivity contribution in [1.29, 1.82) is 0 Å². The molecule has 0 aliphatic rings. The van der Waals surface area contributed by atoms with Gasteiger partial charge in [-0.3, -0.25) is 0 Å². The predicted molar refractivity (Wildman–Crippen MR) is 28.6 cm³/mol. The first-order chi connectivity index (χ1) is 4.25. The van der Waals surface area contributed by atoms with Gasteiger partial charge < -0.3 is 0 Å². The van der Waals surface area contributed by atoms with E-state index in [1.807, 2.05) is 5.10 Å². The molecule has 0 aliphatic carbocycles. The average Bonchev–Trinajstić information content (AvgIpc) is 2.15. The molecule has 1 N–H and O–H groups in total. The molecule has 0 aromatic carbocycles. The number of nitrogens with one attached hydrogen (secondary N) is 1. The van der Waals surface area contributed by atoms with Gasteiger partial charge in [-0.2, -0.15) is 13.9 Å². The summed E-state index contributed by atoms with van der Waals surface area (Å²) in [6.45, 7) is 3.22. The lowest BCUT2D eigenvalue weighted by Crippen LogP contribution is -1.76. The highest BCUT2D eigenvalue weighted by molar-refractivity contribution is 5.41. The molecule has 1 aromatic rings. The lowest BCUT2D eigenvalue weighted by atomic mass is 10.4. The van der Waals surface area contributed by atoms with Gasteiger partial charge in [-0.15, -0.1) is 0 Å². The summed E-state index contributed by atoms with van der Waals surface area (Å²) in [4.78, 5) is 0. The Balaban J connectivity index is 3.18. The maximum atomic E-state index is 12.2. The Kier molecular flexibility index (Phi) is 1.30. The van der Waals surface area contributed by atoms with Gasteiger partial charge in [0.15, 0.2) is 0 Å². The number of aromatic amines is 1. The molecule has 0 radical (unpaired) electrons. The fourth-order valence-corrected chi connectivity index (χ4v) is 0.455. The van der Waals surface area contributed by atoms with Gasteiger partial charge >= 0.3 is 0 Å². The van der Waals surface area contributed by atoms with Crippen LogP contribution in [0.2, 0.25) is 0 Å². The van der Waals surface area contributed by atoms with E-state index in [1.165, 1.54) is 0 Å². The van der Waals surface area contributed by atoms with Gasteiger partial charge in [0, 0.05) is 0 Å².